The summed E-state index contributed by atoms with van der Waals surface area (Å²) >= 11 is 0. The first-order valence-electron chi connectivity index (χ1n) is 8.26. The lowest BCUT2D eigenvalue weighted by atomic mass is 9.97. The molecule has 20 heavy (non-hydrogen) atoms. The van der Waals surface area contributed by atoms with Gasteiger partial charge in [-0.1, -0.05) is 20.8 Å². The van der Waals surface area contributed by atoms with Crippen molar-refractivity contribution in [3.05, 3.63) is 0 Å². The lowest BCUT2D eigenvalue weighted by Crippen LogP contribution is -2.44. The molecule has 0 amide bonds. The molecule has 3 nitrogen and oxygen atoms in total. The fourth-order valence-electron chi connectivity index (χ4n) is 2.55. The second-order valence-electron chi connectivity index (χ2n) is 8.00. The minimum absolute atomic E-state index is 0.306. The number of nitrogens with two attached hydrogens (primary N) is 1. The summed E-state index contributed by atoms with van der Waals surface area (Å²) in [6, 6.07) is 0. The van der Waals surface area contributed by atoms with Crippen LogP contribution in [-0.4, -0.2) is 45.5 Å². The smallest absolute Gasteiger partial charge is 0.192 e. The summed E-state index contributed by atoms with van der Waals surface area (Å²) in [6.07, 6.45) is 4.07. The summed E-state index contributed by atoms with van der Waals surface area (Å²) < 4.78 is 6.43. The summed E-state index contributed by atoms with van der Waals surface area (Å²) in [4.78, 5) is 2.58. The van der Waals surface area contributed by atoms with E-state index in [1.807, 2.05) is 0 Å². The molecule has 0 aromatic carbocycles. The molecule has 1 fully saturated rings. The standard InChI is InChI=1S/C16H36N2OSi/c1-14(19-20(5,6)16(2,3)4)7-10-18-11-8-15(13-17)9-12-18/h14-15H,7-13,17H2,1-6H3. The number of rotatable bonds is 6. The number of piperidine rings is 1. The first-order chi connectivity index (χ1) is 9.15. The normalized spacial score (nSPS) is 21.1. The summed E-state index contributed by atoms with van der Waals surface area (Å²) in [7, 11) is -1.61. The van der Waals surface area contributed by atoms with Crippen molar-refractivity contribution in [3.63, 3.8) is 0 Å². The van der Waals surface area contributed by atoms with Crippen LogP contribution in [0.25, 0.3) is 0 Å². The van der Waals surface area contributed by atoms with Gasteiger partial charge in [-0.2, -0.15) is 0 Å². The lowest BCUT2D eigenvalue weighted by Gasteiger charge is -2.39. The molecule has 120 valence electrons. The Bertz CT molecular complexity index is 281. The van der Waals surface area contributed by atoms with Crippen LogP contribution in [0, 0.1) is 5.92 Å². The van der Waals surface area contributed by atoms with Crippen molar-refractivity contribution >= 4 is 8.32 Å². The second-order valence-corrected chi connectivity index (χ2v) is 12.8. The zero-order chi connectivity index (χ0) is 15.4. The molecule has 2 N–H and O–H groups in total. The van der Waals surface area contributed by atoms with Gasteiger partial charge in [0.15, 0.2) is 8.32 Å². The largest absolute Gasteiger partial charge is 0.414 e. The fraction of sp³-hybridized carbons (Fsp3) is 1.00. The van der Waals surface area contributed by atoms with Crippen LogP contribution in [0.3, 0.4) is 0 Å². The Morgan fingerprint density at radius 1 is 1.25 bits per heavy atom. The van der Waals surface area contributed by atoms with E-state index >= 15 is 0 Å². The van der Waals surface area contributed by atoms with Crippen molar-refractivity contribution in [1.29, 1.82) is 0 Å². The molecule has 1 rings (SSSR count). The maximum atomic E-state index is 6.43. The molecule has 0 aliphatic carbocycles. The van der Waals surface area contributed by atoms with E-state index in [-0.39, 0.29) is 0 Å². The van der Waals surface area contributed by atoms with Crippen LogP contribution in [0.5, 0.6) is 0 Å². The zero-order valence-electron chi connectivity index (χ0n) is 14.5. The van der Waals surface area contributed by atoms with Gasteiger partial charge in [0.2, 0.25) is 0 Å². The molecular weight excluding hydrogens is 264 g/mol. The second kappa shape index (κ2) is 7.39. The highest BCUT2D eigenvalue weighted by molar-refractivity contribution is 6.74. The number of likely N-dealkylation sites (tertiary alicyclic amines) is 1. The highest BCUT2D eigenvalue weighted by atomic mass is 28.4. The van der Waals surface area contributed by atoms with E-state index in [9.17, 15) is 0 Å². The minimum Gasteiger partial charge on any atom is -0.414 e. The molecule has 0 aromatic rings. The summed E-state index contributed by atoms with van der Waals surface area (Å²) in [5.41, 5.74) is 5.75. The van der Waals surface area contributed by atoms with Gasteiger partial charge in [0.25, 0.3) is 0 Å². The monoisotopic (exact) mass is 300 g/mol. The van der Waals surface area contributed by atoms with E-state index < -0.39 is 8.32 Å². The van der Waals surface area contributed by atoms with E-state index in [1.54, 1.807) is 0 Å². The molecular formula is C16H36N2OSi. The van der Waals surface area contributed by atoms with Crippen molar-refractivity contribution < 1.29 is 4.43 Å². The lowest BCUT2D eigenvalue weighted by molar-refractivity contribution is 0.138. The van der Waals surface area contributed by atoms with Crippen molar-refractivity contribution in [2.45, 2.75) is 71.2 Å². The summed E-state index contributed by atoms with van der Waals surface area (Å²) in [5.74, 6) is 0.757. The molecule has 1 atom stereocenters. The van der Waals surface area contributed by atoms with Gasteiger partial charge in [0.05, 0.1) is 0 Å². The van der Waals surface area contributed by atoms with Gasteiger partial charge in [-0.15, -0.1) is 0 Å². The van der Waals surface area contributed by atoms with Crippen LogP contribution in [0.4, 0.5) is 0 Å². The Hall–Kier alpha value is 0.0969. The molecule has 0 radical (unpaired) electrons. The number of hydrogen-bond donors (Lipinski definition) is 1. The van der Waals surface area contributed by atoms with Gasteiger partial charge >= 0.3 is 0 Å². The molecule has 4 heteroatoms. The molecule has 1 unspecified atom stereocenters. The van der Waals surface area contributed by atoms with Crippen molar-refractivity contribution in [1.82, 2.24) is 4.90 Å². The van der Waals surface area contributed by atoms with Crippen LogP contribution in [-0.2, 0) is 4.43 Å². The van der Waals surface area contributed by atoms with E-state index in [2.05, 4.69) is 45.7 Å². The van der Waals surface area contributed by atoms with Gasteiger partial charge < -0.3 is 15.1 Å². The molecule has 0 bridgehead atoms. The van der Waals surface area contributed by atoms with Gasteiger partial charge in [-0.3, -0.25) is 0 Å². The predicted octanol–water partition coefficient (Wildman–Crippen LogP) is 3.46. The topological polar surface area (TPSA) is 38.5 Å². The molecule has 1 saturated heterocycles. The average molecular weight is 301 g/mol. The Kier molecular flexibility index (Phi) is 6.70. The first kappa shape index (κ1) is 18.1. The molecule has 0 saturated carbocycles. The molecule has 1 heterocycles. The Labute approximate surface area is 127 Å². The first-order valence-corrected chi connectivity index (χ1v) is 11.2. The van der Waals surface area contributed by atoms with Crippen molar-refractivity contribution in [2.75, 3.05) is 26.2 Å². The Morgan fingerprint density at radius 3 is 2.25 bits per heavy atom. The van der Waals surface area contributed by atoms with Crippen molar-refractivity contribution in [3.8, 4) is 0 Å². The van der Waals surface area contributed by atoms with E-state index in [1.165, 1.54) is 32.5 Å². The van der Waals surface area contributed by atoms with Crippen LogP contribution < -0.4 is 5.73 Å². The fourth-order valence-corrected chi connectivity index (χ4v) is 4.03. The van der Waals surface area contributed by atoms with Gasteiger partial charge in [-0.25, -0.2) is 0 Å². The molecule has 1 aliphatic heterocycles. The van der Waals surface area contributed by atoms with Gasteiger partial charge in [0, 0.05) is 12.6 Å². The third kappa shape index (κ3) is 5.47. The average Bonchev–Trinajstić information content (AvgIpc) is 2.35. The van der Waals surface area contributed by atoms with E-state index in [0.29, 0.717) is 11.1 Å². The minimum atomic E-state index is -1.61. The third-order valence-electron chi connectivity index (χ3n) is 5.19. The van der Waals surface area contributed by atoms with Gasteiger partial charge in [-0.05, 0) is 69.9 Å². The molecule has 0 aromatic heterocycles. The maximum Gasteiger partial charge on any atom is 0.192 e. The zero-order valence-corrected chi connectivity index (χ0v) is 15.5. The van der Waals surface area contributed by atoms with Crippen LogP contribution >= 0.6 is 0 Å². The van der Waals surface area contributed by atoms with E-state index in [0.717, 1.165) is 18.9 Å². The van der Waals surface area contributed by atoms with Crippen molar-refractivity contribution in [2.24, 2.45) is 11.7 Å². The third-order valence-corrected chi connectivity index (χ3v) is 9.80. The molecule has 1 aliphatic rings. The quantitative estimate of drug-likeness (QED) is 0.764. The van der Waals surface area contributed by atoms with E-state index in [4.69, 9.17) is 10.2 Å². The maximum absolute atomic E-state index is 6.43. The highest BCUT2D eigenvalue weighted by Gasteiger charge is 2.38. The Balaban J connectivity index is 2.29. The molecule has 0 spiro atoms. The summed E-state index contributed by atoms with van der Waals surface area (Å²) in [6.45, 7) is 18.3. The predicted molar refractivity (Wildman–Crippen MR) is 90.6 cm³/mol. The summed E-state index contributed by atoms with van der Waals surface area (Å²) in [5, 5.41) is 0.306. The number of nitrogens with zero attached hydrogens (tertiary/aromatic N) is 1. The van der Waals surface area contributed by atoms with Crippen LogP contribution in [0.1, 0.15) is 47.0 Å². The van der Waals surface area contributed by atoms with Crippen LogP contribution in [0.15, 0.2) is 0 Å². The SMILES string of the molecule is CC(CCN1CCC(CN)CC1)O[Si](C)(C)C(C)(C)C. The van der Waals surface area contributed by atoms with Crippen LogP contribution in [0.2, 0.25) is 18.1 Å². The van der Waals surface area contributed by atoms with Gasteiger partial charge in [0.1, 0.15) is 0 Å². The number of hydrogen-bond acceptors (Lipinski definition) is 3. The highest BCUT2D eigenvalue weighted by Crippen LogP contribution is 2.37. The Morgan fingerprint density at radius 2 is 1.80 bits per heavy atom.